The van der Waals surface area contributed by atoms with E-state index in [1.54, 1.807) is 19.2 Å². The van der Waals surface area contributed by atoms with Gasteiger partial charge in [-0.1, -0.05) is 23.2 Å². The summed E-state index contributed by atoms with van der Waals surface area (Å²) in [5, 5.41) is 8.23. The van der Waals surface area contributed by atoms with E-state index in [9.17, 15) is 4.39 Å². The number of rotatable bonds is 5. The highest BCUT2D eigenvalue weighted by Gasteiger charge is 2.21. The molecule has 3 aromatic rings. The first kappa shape index (κ1) is 21.9. The number of ether oxygens (including phenoxy) is 1. The highest BCUT2D eigenvalue weighted by Crippen LogP contribution is 2.37. The van der Waals surface area contributed by atoms with Crippen molar-refractivity contribution >= 4 is 29.0 Å². The minimum atomic E-state index is -0.628. The minimum Gasteiger partial charge on any atom is -0.482 e. The predicted molar refractivity (Wildman–Crippen MR) is 121 cm³/mol. The molecule has 3 heterocycles. The second kappa shape index (κ2) is 9.42. The molecule has 0 aliphatic carbocycles. The number of nitrogens with zero attached hydrogens (tertiary/aromatic N) is 3. The maximum absolute atomic E-state index is 13.9. The van der Waals surface area contributed by atoms with Crippen LogP contribution >= 0.6 is 23.2 Å². The summed E-state index contributed by atoms with van der Waals surface area (Å²) in [5.41, 5.74) is 8.14. The number of aromatic nitrogens is 3. The fourth-order valence-corrected chi connectivity index (χ4v) is 4.50. The molecule has 2 atom stereocenters. The van der Waals surface area contributed by atoms with Gasteiger partial charge in [-0.2, -0.15) is 5.10 Å². The Bertz CT molecular complexity index is 1070. The third kappa shape index (κ3) is 4.79. The Morgan fingerprint density at radius 1 is 1.23 bits per heavy atom. The zero-order chi connectivity index (χ0) is 22.0. The van der Waals surface area contributed by atoms with Gasteiger partial charge in [-0.05, 0) is 57.5 Å². The van der Waals surface area contributed by atoms with E-state index in [1.165, 1.54) is 12.1 Å². The molecule has 31 heavy (non-hydrogen) atoms. The molecule has 1 unspecified atom stereocenters. The molecule has 1 aliphatic heterocycles. The van der Waals surface area contributed by atoms with Crippen molar-refractivity contribution < 1.29 is 9.13 Å². The van der Waals surface area contributed by atoms with Gasteiger partial charge in [0.25, 0.3) is 0 Å². The Balaban J connectivity index is 1.57. The van der Waals surface area contributed by atoms with E-state index in [0.29, 0.717) is 22.4 Å². The first-order valence-corrected chi connectivity index (χ1v) is 11.0. The number of halogens is 3. The summed E-state index contributed by atoms with van der Waals surface area (Å²) in [6, 6.07) is 4.85. The fourth-order valence-electron chi connectivity index (χ4n) is 3.82. The van der Waals surface area contributed by atoms with Crippen molar-refractivity contribution in [2.24, 2.45) is 0 Å². The van der Waals surface area contributed by atoms with Crippen molar-refractivity contribution in [3.63, 3.8) is 0 Å². The number of nitrogens with two attached hydrogens (primary N) is 1. The SMILES string of the molecule is C[C@@H](Oc1cc(-c2cnn(C3CCCNCC3)c2)cnc1N)c1c(Cl)ccc(F)c1Cl. The Labute approximate surface area is 190 Å². The zero-order valence-electron chi connectivity index (χ0n) is 17.1. The zero-order valence-corrected chi connectivity index (χ0v) is 18.6. The first-order valence-electron chi connectivity index (χ1n) is 10.2. The highest BCUT2D eigenvalue weighted by molar-refractivity contribution is 6.36. The third-order valence-electron chi connectivity index (χ3n) is 5.53. The van der Waals surface area contributed by atoms with E-state index in [1.807, 2.05) is 17.1 Å². The van der Waals surface area contributed by atoms with E-state index in [2.05, 4.69) is 15.4 Å². The molecule has 1 fully saturated rings. The van der Waals surface area contributed by atoms with Gasteiger partial charge >= 0.3 is 0 Å². The molecule has 1 saturated heterocycles. The summed E-state index contributed by atoms with van der Waals surface area (Å²) in [7, 11) is 0. The summed E-state index contributed by atoms with van der Waals surface area (Å²) in [6.07, 6.45) is 8.17. The topological polar surface area (TPSA) is 78.0 Å². The number of anilines is 1. The van der Waals surface area contributed by atoms with Crippen molar-refractivity contribution in [1.82, 2.24) is 20.1 Å². The second-order valence-corrected chi connectivity index (χ2v) is 8.45. The van der Waals surface area contributed by atoms with Gasteiger partial charge in [0, 0.05) is 34.1 Å². The van der Waals surface area contributed by atoms with Gasteiger partial charge in [-0.25, -0.2) is 9.37 Å². The largest absolute Gasteiger partial charge is 0.482 e. The molecule has 0 bridgehead atoms. The summed E-state index contributed by atoms with van der Waals surface area (Å²) in [4.78, 5) is 4.27. The monoisotopic (exact) mass is 463 g/mol. The predicted octanol–water partition coefficient (Wildman–Crippen LogP) is 5.43. The average molecular weight is 464 g/mol. The molecular weight excluding hydrogens is 440 g/mol. The van der Waals surface area contributed by atoms with Crippen molar-refractivity contribution in [3.05, 3.63) is 58.2 Å². The molecule has 3 N–H and O–H groups in total. The molecule has 6 nitrogen and oxygen atoms in total. The van der Waals surface area contributed by atoms with Crippen molar-refractivity contribution in [2.75, 3.05) is 18.8 Å². The van der Waals surface area contributed by atoms with Gasteiger partial charge in [0.15, 0.2) is 11.6 Å². The average Bonchev–Trinajstić information content (AvgIpc) is 3.08. The van der Waals surface area contributed by atoms with Gasteiger partial charge < -0.3 is 15.8 Å². The van der Waals surface area contributed by atoms with Gasteiger partial charge in [0.1, 0.15) is 11.9 Å². The van der Waals surface area contributed by atoms with E-state index in [0.717, 1.165) is 43.5 Å². The second-order valence-electron chi connectivity index (χ2n) is 7.67. The van der Waals surface area contributed by atoms with Crippen LogP contribution in [-0.4, -0.2) is 27.9 Å². The van der Waals surface area contributed by atoms with Crippen LogP contribution in [0.3, 0.4) is 0 Å². The highest BCUT2D eigenvalue weighted by atomic mass is 35.5. The molecule has 0 spiro atoms. The summed E-state index contributed by atoms with van der Waals surface area (Å²) < 4.78 is 21.9. The lowest BCUT2D eigenvalue weighted by molar-refractivity contribution is 0.227. The van der Waals surface area contributed by atoms with E-state index in [-0.39, 0.29) is 10.8 Å². The molecule has 0 saturated carbocycles. The Morgan fingerprint density at radius 2 is 2.06 bits per heavy atom. The van der Waals surface area contributed by atoms with Crippen LogP contribution in [0.5, 0.6) is 5.75 Å². The molecule has 0 radical (unpaired) electrons. The maximum Gasteiger partial charge on any atom is 0.166 e. The van der Waals surface area contributed by atoms with Crippen LogP contribution in [-0.2, 0) is 0 Å². The maximum atomic E-state index is 13.9. The van der Waals surface area contributed by atoms with Crippen LogP contribution in [0.1, 0.15) is 43.9 Å². The van der Waals surface area contributed by atoms with Gasteiger partial charge in [-0.3, -0.25) is 4.68 Å². The van der Waals surface area contributed by atoms with Crippen LogP contribution in [0, 0.1) is 5.82 Å². The Hall–Kier alpha value is -2.35. The fraction of sp³-hybridized carbons (Fsp3) is 0.364. The Morgan fingerprint density at radius 3 is 2.90 bits per heavy atom. The van der Waals surface area contributed by atoms with Crippen molar-refractivity contribution in [2.45, 2.75) is 38.3 Å². The molecule has 1 aliphatic rings. The molecular formula is C22H24Cl2FN5O. The molecule has 0 amide bonds. The number of hydrogen-bond donors (Lipinski definition) is 2. The Kier molecular flexibility index (Phi) is 6.65. The molecule has 1 aromatic carbocycles. The van der Waals surface area contributed by atoms with E-state index >= 15 is 0 Å². The molecule has 164 valence electrons. The lowest BCUT2D eigenvalue weighted by Crippen LogP contribution is -2.15. The summed E-state index contributed by atoms with van der Waals surface area (Å²) in [5.74, 6) is 0.0341. The van der Waals surface area contributed by atoms with Crippen LogP contribution in [0.25, 0.3) is 11.1 Å². The van der Waals surface area contributed by atoms with Crippen molar-refractivity contribution in [3.8, 4) is 16.9 Å². The van der Waals surface area contributed by atoms with Crippen LogP contribution in [0.2, 0.25) is 10.0 Å². The van der Waals surface area contributed by atoms with Crippen LogP contribution in [0.15, 0.2) is 36.8 Å². The lowest BCUT2D eigenvalue weighted by Gasteiger charge is -2.19. The number of pyridine rings is 1. The minimum absolute atomic E-state index is 0.0677. The number of benzene rings is 1. The smallest absolute Gasteiger partial charge is 0.166 e. The van der Waals surface area contributed by atoms with Crippen molar-refractivity contribution in [1.29, 1.82) is 0 Å². The van der Waals surface area contributed by atoms with E-state index < -0.39 is 11.9 Å². The van der Waals surface area contributed by atoms with Crippen LogP contribution in [0.4, 0.5) is 10.2 Å². The first-order chi connectivity index (χ1) is 14.9. The van der Waals surface area contributed by atoms with Gasteiger partial charge in [0.05, 0.1) is 17.3 Å². The summed E-state index contributed by atoms with van der Waals surface area (Å²) in [6.45, 7) is 3.77. The molecule has 2 aromatic heterocycles. The number of hydrogen-bond acceptors (Lipinski definition) is 5. The van der Waals surface area contributed by atoms with E-state index in [4.69, 9.17) is 33.7 Å². The number of nitrogen functional groups attached to an aromatic ring is 1. The van der Waals surface area contributed by atoms with Gasteiger partial charge in [-0.15, -0.1) is 0 Å². The third-order valence-corrected chi connectivity index (χ3v) is 6.24. The van der Waals surface area contributed by atoms with Crippen LogP contribution < -0.4 is 15.8 Å². The quantitative estimate of drug-likeness (QED) is 0.493. The number of nitrogens with one attached hydrogen (secondary N) is 1. The normalized spacial score (nSPS) is 17.9. The van der Waals surface area contributed by atoms with Gasteiger partial charge in [0.2, 0.25) is 0 Å². The standard InChI is InChI=1S/C22H24Cl2FN5O/c1-13(20-17(23)4-5-18(25)21(20)24)31-19-9-14(10-28-22(19)26)15-11-29-30(12-15)16-3-2-7-27-8-6-16/h4-5,9-13,16,27H,2-3,6-8H2,1H3,(H2,26,28)/t13-,16?/m1/s1. The lowest BCUT2D eigenvalue weighted by atomic mass is 10.1. The molecule has 9 heteroatoms. The molecule has 4 rings (SSSR count). The summed E-state index contributed by atoms with van der Waals surface area (Å²) >= 11 is 12.3.